The molecule has 2 N–H and O–H groups in total. The largest absolute Gasteiger partial charge is 0.338 e. The third-order valence-corrected chi connectivity index (χ3v) is 4.20. The normalized spacial score (nSPS) is 13.9. The molecule has 0 aliphatic heterocycles. The molecule has 1 saturated carbocycles. The van der Waals surface area contributed by atoms with Crippen LogP contribution in [-0.2, 0) is 6.42 Å². The van der Waals surface area contributed by atoms with Crippen LogP contribution in [-0.4, -0.2) is 28.6 Å². The van der Waals surface area contributed by atoms with Crippen LogP contribution in [0.25, 0.3) is 11.3 Å². The minimum absolute atomic E-state index is 0.0471. The number of aryl methyl sites for hydroxylation is 1. The Kier molecular flexibility index (Phi) is 4.45. The highest BCUT2D eigenvalue weighted by Crippen LogP contribution is 2.21. The number of aromatic nitrogens is 2. The Morgan fingerprint density at radius 2 is 2.14 bits per heavy atom. The molecule has 2 aromatic heterocycles. The van der Waals surface area contributed by atoms with Crippen molar-refractivity contribution in [1.82, 2.24) is 20.6 Å². The summed E-state index contributed by atoms with van der Waals surface area (Å²) < 4.78 is 0. The van der Waals surface area contributed by atoms with Gasteiger partial charge in [0.05, 0.1) is 10.7 Å². The van der Waals surface area contributed by atoms with E-state index in [9.17, 15) is 4.79 Å². The van der Waals surface area contributed by atoms with Crippen molar-refractivity contribution in [3.8, 4) is 11.3 Å². The van der Waals surface area contributed by atoms with E-state index < -0.39 is 0 Å². The monoisotopic (exact) mass is 302 g/mol. The first-order valence-corrected chi connectivity index (χ1v) is 8.08. The lowest BCUT2D eigenvalue weighted by Gasteiger charge is -2.05. The number of nitrogens with one attached hydrogen (secondary N) is 2. The fourth-order valence-electron chi connectivity index (χ4n) is 1.99. The Balaban J connectivity index is 1.41. The van der Waals surface area contributed by atoms with E-state index in [2.05, 4.69) is 26.0 Å². The molecule has 0 aromatic carbocycles. The van der Waals surface area contributed by atoms with Gasteiger partial charge in [0.2, 0.25) is 0 Å². The molecule has 110 valence electrons. The van der Waals surface area contributed by atoms with Crippen LogP contribution < -0.4 is 10.6 Å². The Bertz CT molecular complexity index is 595. The van der Waals surface area contributed by atoms with Gasteiger partial charge in [-0.15, -0.1) is 11.3 Å². The van der Waals surface area contributed by atoms with Crippen molar-refractivity contribution in [1.29, 1.82) is 0 Å². The lowest BCUT2D eigenvalue weighted by Crippen LogP contribution is -2.37. The summed E-state index contributed by atoms with van der Waals surface area (Å²) in [5, 5.41) is 8.96. The molecule has 0 unspecified atom stereocenters. The summed E-state index contributed by atoms with van der Waals surface area (Å²) in [5.41, 5.74) is 2.09. The van der Waals surface area contributed by atoms with E-state index in [4.69, 9.17) is 0 Å². The van der Waals surface area contributed by atoms with Crippen molar-refractivity contribution < 1.29 is 4.79 Å². The van der Waals surface area contributed by atoms with Gasteiger partial charge < -0.3 is 10.6 Å². The SMILES string of the molecule is O=C(NCCCc1nc(-c2ccncc2)cs1)NC1CC1. The minimum atomic E-state index is -0.0471. The summed E-state index contributed by atoms with van der Waals surface area (Å²) in [7, 11) is 0. The third kappa shape index (κ3) is 4.26. The number of thiazole rings is 1. The number of nitrogens with zero attached hydrogens (tertiary/aromatic N) is 2. The van der Waals surface area contributed by atoms with Gasteiger partial charge in [-0.2, -0.15) is 0 Å². The summed E-state index contributed by atoms with van der Waals surface area (Å²) in [6, 6.07) is 4.28. The molecule has 1 aliphatic carbocycles. The number of hydrogen-bond donors (Lipinski definition) is 2. The quantitative estimate of drug-likeness (QED) is 0.806. The number of rotatable bonds is 6. The van der Waals surface area contributed by atoms with Gasteiger partial charge in [-0.3, -0.25) is 4.98 Å². The van der Waals surface area contributed by atoms with Gasteiger partial charge in [0.25, 0.3) is 0 Å². The van der Waals surface area contributed by atoms with Gasteiger partial charge in [0, 0.05) is 42.3 Å². The number of carbonyl (C=O) groups is 1. The zero-order chi connectivity index (χ0) is 14.5. The molecule has 0 radical (unpaired) electrons. The highest BCUT2D eigenvalue weighted by molar-refractivity contribution is 7.09. The number of pyridine rings is 1. The molecular formula is C15H18N4OS. The molecule has 0 spiro atoms. The number of urea groups is 1. The molecule has 0 atom stereocenters. The van der Waals surface area contributed by atoms with Gasteiger partial charge in [-0.25, -0.2) is 9.78 Å². The van der Waals surface area contributed by atoms with Gasteiger partial charge in [0.15, 0.2) is 0 Å². The standard InChI is InChI=1S/C15H18N4OS/c20-15(18-12-3-4-12)17-7-1-2-14-19-13(10-21-14)11-5-8-16-9-6-11/h5-6,8-10,12H,1-4,7H2,(H2,17,18,20). The molecular weight excluding hydrogens is 284 g/mol. The Morgan fingerprint density at radius 3 is 2.90 bits per heavy atom. The fourth-order valence-corrected chi connectivity index (χ4v) is 2.84. The maximum atomic E-state index is 11.5. The van der Waals surface area contributed by atoms with Crippen molar-refractivity contribution in [3.63, 3.8) is 0 Å². The summed E-state index contributed by atoms with van der Waals surface area (Å²) in [4.78, 5) is 20.1. The number of carbonyl (C=O) groups excluding carboxylic acids is 1. The van der Waals surface area contributed by atoms with Crippen LogP contribution in [0.5, 0.6) is 0 Å². The molecule has 21 heavy (non-hydrogen) atoms. The molecule has 0 bridgehead atoms. The van der Waals surface area contributed by atoms with E-state index in [0.29, 0.717) is 12.6 Å². The molecule has 2 amide bonds. The Morgan fingerprint density at radius 1 is 1.33 bits per heavy atom. The van der Waals surface area contributed by atoms with E-state index in [1.165, 1.54) is 0 Å². The lowest BCUT2D eigenvalue weighted by molar-refractivity contribution is 0.240. The van der Waals surface area contributed by atoms with E-state index in [1.54, 1.807) is 23.7 Å². The Labute approximate surface area is 127 Å². The second-order valence-electron chi connectivity index (χ2n) is 5.14. The third-order valence-electron chi connectivity index (χ3n) is 3.29. The van der Waals surface area contributed by atoms with Crippen LogP contribution in [0.15, 0.2) is 29.9 Å². The van der Waals surface area contributed by atoms with Crippen LogP contribution in [0.2, 0.25) is 0 Å². The van der Waals surface area contributed by atoms with Crippen LogP contribution in [0.4, 0.5) is 4.79 Å². The topological polar surface area (TPSA) is 66.9 Å². The predicted molar refractivity (Wildman–Crippen MR) is 83.2 cm³/mol. The zero-order valence-corrected chi connectivity index (χ0v) is 12.5. The molecule has 1 aliphatic rings. The van der Waals surface area contributed by atoms with E-state index >= 15 is 0 Å². The first kappa shape index (κ1) is 14.0. The van der Waals surface area contributed by atoms with Crippen molar-refractivity contribution in [2.24, 2.45) is 0 Å². The molecule has 2 heterocycles. The van der Waals surface area contributed by atoms with Crippen molar-refractivity contribution >= 4 is 17.4 Å². The maximum Gasteiger partial charge on any atom is 0.315 e. The van der Waals surface area contributed by atoms with Crippen LogP contribution >= 0.6 is 11.3 Å². The highest BCUT2D eigenvalue weighted by atomic mass is 32.1. The second-order valence-corrected chi connectivity index (χ2v) is 6.08. The van der Waals surface area contributed by atoms with Crippen LogP contribution in [0.3, 0.4) is 0 Å². The van der Waals surface area contributed by atoms with Gasteiger partial charge in [0.1, 0.15) is 0 Å². The average molecular weight is 302 g/mol. The number of amides is 2. The van der Waals surface area contributed by atoms with Crippen molar-refractivity contribution in [2.75, 3.05) is 6.54 Å². The number of hydrogen-bond acceptors (Lipinski definition) is 4. The first-order valence-electron chi connectivity index (χ1n) is 7.20. The highest BCUT2D eigenvalue weighted by Gasteiger charge is 2.22. The zero-order valence-electron chi connectivity index (χ0n) is 11.7. The lowest BCUT2D eigenvalue weighted by atomic mass is 10.2. The van der Waals surface area contributed by atoms with Gasteiger partial charge in [-0.1, -0.05) is 0 Å². The Hall–Kier alpha value is -1.95. The molecule has 0 saturated heterocycles. The van der Waals surface area contributed by atoms with Crippen molar-refractivity contribution in [3.05, 3.63) is 34.9 Å². The fraction of sp³-hybridized carbons (Fsp3) is 0.400. The summed E-state index contributed by atoms with van der Waals surface area (Å²) in [5.74, 6) is 0. The average Bonchev–Trinajstić information content (AvgIpc) is 3.19. The van der Waals surface area contributed by atoms with Crippen molar-refractivity contribution in [2.45, 2.75) is 31.7 Å². The molecule has 2 aromatic rings. The molecule has 3 rings (SSSR count). The van der Waals surface area contributed by atoms with Gasteiger partial charge >= 0.3 is 6.03 Å². The first-order chi connectivity index (χ1) is 10.3. The second kappa shape index (κ2) is 6.67. The van der Waals surface area contributed by atoms with E-state index in [1.807, 2.05) is 12.1 Å². The predicted octanol–water partition coefficient (Wildman–Crippen LogP) is 2.60. The van der Waals surface area contributed by atoms with E-state index in [-0.39, 0.29) is 6.03 Å². The molecule has 6 heteroatoms. The smallest absolute Gasteiger partial charge is 0.315 e. The summed E-state index contributed by atoms with van der Waals surface area (Å²) in [6.45, 7) is 0.683. The van der Waals surface area contributed by atoms with Gasteiger partial charge in [-0.05, 0) is 31.4 Å². The minimum Gasteiger partial charge on any atom is -0.338 e. The maximum absolute atomic E-state index is 11.5. The molecule has 1 fully saturated rings. The van der Waals surface area contributed by atoms with Crippen LogP contribution in [0.1, 0.15) is 24.3 Å². The molecule has 5 nitrogen and oxygen atoms in total. The summed E-state index contributed by atoms with van der Waals surface area (Å²) in [6.07, 6.45) is 7.57. The van der Waals surface area contributed by atoms with E-state index in [0.717, 1.165) is 41.9 Å². The summed E-state index contributed by atoms with van der Waals surface area (Å²) >= 11 is 1.66. The van der Waals surface area contributed by atoms with Crippen LogP contribution in [0, 0.1) is 0 Å².